The van der Waals surface area contributed by atoms with Gasteiger partial charge in [0, 0.05) is 24.2 Å². The number of benzene rings is 2. The highest BCUT2D eigenvalue weighted by Crippen LogP contribution is 2.35. The number of carbonyl (C=O) groups is 1. The number of nitrogens with one attached hydrogen (secondary N) is 1. The first-order valence-corrected chi connectivity index (χ1v) is 8.16. The number of rotatable bonds is 4. The summed E-state index contributed by atoms with van der Waals surface area (Å²) < 4.78 is 0. The van der Waals surface area contributed by atoms with Gasteiger partial charge < -0.3 is 10.0 Å². The molecule has 2 N–H and O–H groups in total. The van der Waals surface area contributed by atoms with Gasteiger partial charge in [-0.2, -0.15) is 5.10 Å². The van der Waals surface area contributed by atoms with Crippen LogP contribution in [0.3, 0.4) is 0 Å². The first kappa shape index (κ1) is 14.8. The van der Waals surface area contributed by atoms with E-state index in [0.717, 1.165) is 28.7 Å². The van der Waals surface area contributed by atoms with Gasteiger partial charge in [-0.15, -0.1) is 0 Å². The summed E-state index contributed by atoms with van der Waals surface area (Å²) in [4.78, 5) is 14.4. The van der Waals surface area contributed by atoms with Gasteiger partial charge in [-0.05, 0) is 43.4 Å². The van der Waals surface area contributed by atoms with Crippen LogP contribution in [0.2, 0.25) is 0 Å². The minimum absolute atomic E-state index is 0.0306. The molecule has 1 amide bonds. The van der Waals surface area contributed by atoms with Gasteiger partial charge in [0.2, 0.25) is 0 Å². The summed E-state index contributed by atoms with van der Waals surface area (Å²) in [6.07, 6.45) is 3.41. The number of fused-ring (bicyclic) bond motifs is 1. The number of anilines is 1. The lowest BCUT2D eigenvalue weighted by atomic mass is 10.1. The number of nitrogens with zero attached hydrogens (tertiary/aromatic N) is 2. The van der Waals surface area contributed by atoms with Crippen LogP contribution < -0.4 is 4.90 Å². The van der Waals surface area contributed by atoms with Crippen molar-refractivity contribution in [2.75, 3.05) is 11.9 Å². The van der Waals surface area contributed by atoms with E-state index >= 15 is 0 Å². The van der Waals surface area contributed by atoms with Crippen LogP contribution in [-0.2, 0) is 6.42 Å². The van der Waals surface area contributed by atoms with Crippen LogP contribution in [0, 0.1) is 5.92 Å². The fourth-order valence-corrected chi connectivity index (χ4v) is 2.98. The average Bonchev–Trinajstić information content (AvgIpc) is 3.34. The van der Waals surface area contributed by atoms with E-state index in [-0.39, 0.29) is 11.7 Å². The number of hydrogen-bond acceptors (Lipinski definition) is 3. The van der Waals surface area contributed by atoms with E-state index in [2.05, 4.69) is 10.2 Å². The Morgan fingerprint density at radius 3 is 2.75 bits per heavy atom. The van der Waals surface area contributed by atoms with E-state index in [9.17, 15) is 9.90 Å². The molecule has 5 nitrogen and oxygen atoms in total. The summed E-state index contributed by atoms with van der Waals surface area (Å²) in [6, 6.07) is 12.7. The Hall–Kier alpha value is -2.82. The van der Waals surface area contributed by atoms with Gasteiger partial charge in [0.15, 0.2) is 0 Å². The summed E-state index contributed by atoms with van der Waals surface area (Å²) in [6.45, 7) is 0. The van der Waals surface area contributed by atoms with Gasteiger partial charge in [0.25, 0.3) is 5.91 Å². The third kappa shape index (κ3) is 2.62. The van der Waals surface area contributed by atoms with E-state index in [1.807, 2.05) is 30.3 Å². The number of para-hydroxylation sites is 1. The Labute approximate surface area is 139 Å². The quantitative estimate of drug-likeness (QED) is 0.773. The molecule has 0 aliphatic heterocycles. The molecule has 0 radical (unpaired) electrons. The Morgan fingerprint density at radius 1 is 1.29 bits per heavy atom. The second kappa shape index (κ2) is 5.67. The van der Waals surface area contributed by atoms with Crippen molar-refractivity contribution in [1.82, 2.24) is 10.2 Å². The van der Waals surface area contributed by atoms with Gasteiger partial charge >= 0.3 is 0 Å². The molecule has 0 unspecified atom stereocenters. The topological polar surface area (TPSA) is 69.2 Å². The van der Waals surface area contributed by atoms with Crippen molar-refractivity contribution in [2.24, 2.45) is 5.92 Å². The molecule has 0 saturated heterocycles. The molecule has 1 saturated carbocycles. The summed E-state index contributed by atoms with van der Waals surface area (Å²) in [5, 5.41) is 18.5. The van der Waals surface area contributed by atoms with Crippen molar-refractivity contribution in [2.45, 2.75) is 19.3 Å². The van der Waals surface area contributed by atoms with Crippen LogP contribution in [0.25, 0.3) is 10.9 Å². The maximum absolute atomic E-state index is 12.8. The van der Waals surface area contributed by atoms with Crippen molar-refractivity contribution < 1.29 is 9.90 Å². The van der Waals surface area contributed by atoms with Crippen molar-refractivity contribution in [3.05, 3.63) is 53.7 Å². The van der Waals surface area contributed by atoms with Crippen molar-refractivity contribution in [3.63, 3.8) is 0 Å². The lowest BCUT2D eigenvalue weighted by molar-refractivity contribution is 0.0990. The minimum Gasteiger partial charge on any atom is -0.507 e. The van der Waals surface area contributed by atoms with Gasteiger partial charge in [0.1, 0.15) is 5.75 Å². The molecule has 0 spiro atoms. The minimum atomic E-state index is -0.237. The lowest BCUT2D eigenvalue weighted by Crippen LogP contribution is -2.26. The number of aromatic amines is 1. The molecule has 1 aromatic heterocycles. The second-order valence-electron chi connectivity index (χ2n) is 6.43. The largest absolute Gasteiger partial charge is 0.507 e. The molecule has 2 aromatic carbocycles. The molecule has 1 aliphatic carbocycles. The number of aromatic hydroxyl groups is 1. The van der Waals surface area contributed by atoms with Crippen molar-refractivity contribution in [3.8, 4) is 5.75 Å². The highest BCUT2D eigenvalue weighted by atomic mass is 16.3. The molecular formula is C19H19N3O2. The molecule has 4 rings (SSSR count). The van der Waals surface area contributed by atoms with Gasteiger partial charge in [-0.1, -0.05) is 18.2 Å². The van der Waals surface area contributed by atoms with E-state index in [4.69, 9.17) is 0 Å². The van der Waals surface area contributed by atoms with E-state index in [1.54, 1.807) is 24.1 Å². The number of carbonyl (C=O) groups excluding carboxylic acids is 1. The zero-order chi connectivity index (χ0) is 16.7. The Bertz CT molecular complexity index is 898. The van der Waals surface area contributed by atoms with Crippen LogP contribution in [-0.4, -0.2) is 28.3 Å². The normalized spacial score (nSPS) is 14.0. The van der Waals surface area contributed by atoms with E-state index in [0.29, 0.717) is 11.5 Å². The zero-order valence-corrected chi connectivity index (χ0v) is 13.5. The van der Waals surface area contributed by atoms with Gasteiger partial charge in [-0.25, -0.2) is 0 Å². The van der Waals surface area contributed by atoms with E-state index < -0.39 is 0 Å². The Balaban J connectivity index is 1.72. The lowest BCUT2D eigenvalue weighted by Gasteiger charge is -2.18. The van der Waals surface area contributed by atoms with Crippen molar-refractivity contribution >= 4 is 22.5 Å². The van der Waals surface area contributed by atoms with E-state index in [1.165, 1.54) is 12.8 Å². The van der Waals surface area contributed by atoms with Crippen molar-refractivity contribution in [1.29, 1.82) is 0 Å². The summed E-state index contributed by atoms with van der Waals surface area (Å²) in [7, 11) is 1.71. The Morgan fingerprint density at radius 2 is 2.04 bits per heavy atom. The van der Waals surface area contributed by atoms with Crippen LogP contribution in [0.15, 0.2) is 42.5 Å². The molecule has 0 bridgehead atoms. The van der Waals surface area contributed by atoms with Crippen LogP contribution in [0.1, 0.15) is 28.9 Å². The first-order chi connectivity index (χ1) is 11.6. The molecule has 1 aliphatic rings. The van der Waals surface area contributed by atoms with Gasteiger partial charge in [-0.3, -0.25) is 9.89 Å². The SMILES string of the molecule is CN(C(=O)c1cc2c(CC3CC3)n[nH]c2cc1O)c1ccccc1. The molecule has 0 atom stereocenters. The molecule has 1 heterocycles. The molecule has 122 valence electrons. The standard InChI is InChI=1S/C19H19N3O2/c1-22(13-5-3-2-4-6-13)19(24)15-10-14-16(9-12-7-8-12)20-21-17(14)11-18(15)23/h2-6,10-12,23H,7-9H2,1H3,(H,20,21). The molecule has 24 heavy (non-hydrogen) atoms. The predicted molar refractivity (Wildman–Crippen MR) is 93.4 cm³/mol. The molecule has 1 fully saturated rings. The number of phenols is 1. The fraction of sp³-hybridized carbons (Fsp3) is 0.263. The summed E-state index contributed by atoms with van der Waals surface area (Å²) >= 11 is 0. The Kier molecular flexibility index (Phi) is 3.49. The number of amides is 1. The number of aromatic nitrogens is 2. The second-order valence-corrected chi connectivity index (χ2v) is 6.43. The highest BCUT2D eigenvalue weighted by molar-refractivity contribution is 6.09. The highest BCUT2D eigenvalue weighted by Gasteiger charge is 2.25. The molecular weight excluding hydrogens is 302 g/mol. The smallest absolute Gasteiger partial charge is 0.261 e. The van der Waals surface area contributed by atoms with Gasteiger partial charge in [0.05, 0.1) is 16.8 Å². The monoisotopic (exact) mass is 321 g/mol. The summed E-state index contributed by atoms with van der Waals surface area (Å²) in [5.41, 5.74) is 2.82. The zero-order valence-electron chi connectivity index (χ0n) is 13.5. The maximum Gasteiger partial charge on any atom is 0.261 e. The third-order valence-corrected chi connectivity index (χ3v) is 4.62. The predicted octanol–water partition coefficient (Wildman–Crippen LogP) is 3.50. The average molecular weight is 321 g/mol. The number of H-pyrrole nitrogens is 1. The van der Waals surface area contributed by atoms with Crippen LogP contribution in [0.4, 0.5) is 5.69 Å². The molecule has 5 heteroatoms. The van der Waals surface area contributed by atoms with Crippen LogP contribution >= 0.6 is 0 Å². The first-order valence-electron chi connectivity index (χ1n) is 8.16. The fourth-order valence-electron chi connectivity index (χ4n) is 2.98. The summed E-state index contributed by atoms with van der Waals surface area (Å²) in [5.74, 6) is 0.438. The number of hydrogen-bond donors (Lipinski definition) is 2. The maximum atomic E-state index is 12.8. The third-order valence-electron chi connectivity index (χ3n) is 4.62. The number of phenolic OH excluding ortho intramolecular Hbond substituents is 1. The van der Waals surface area contributed by atoms with Crippen LogP contribution in [0.5, 0.6) is 5.75 Å². The molecule has 3 aromatic rings.